The van der Waals surface area contributed by atoms with Crippen molar-refractivity contribution in [3.63, 3.8) is 0 Å². The minimum absolute atomic E-state index is 0.0633. The number of hydrogen-bond donors (Lipinski definition) is 2. The first-order valence-corrected chi connectivity index (χ1v) is 9.98. The van der Waals surface area contributed by atoms with Crippen LogP contribution in [0.3, 0.4) is 0 Å². The molecule has 2 aliphatic rings. The van der Waals surface area contributed by atoms with Gasteiger partial charge < -0.3 is 20.1 Å². The van der Waals surface area contributed by atoms with E-state index < -0.39 is 12.0 Å². The lowest BCUT2D eigenvalue weighted by molar-refractivity contribution is -0.144. The van der Waals surface area contributed by atoms with Crippen molar-refractivity contribution < 1.29 is 24.2 Å². The molecule has 0 radical (unpaired) electrons. The average molecular weight is 388 g/mol. The van der Waals surface area contributed by atoms with Crippen LogP contribution >= 0.6 is 0 Å². The standard InChI is InChI=1S/C21H28N2O5/c1-3-13(2)20(25)23-9-4-5-16(12-23)19(24)22-18(21(26)27)15-6-7-17-14(11-15)8-10-28-17/h6-7,11,13,16,18H,3-5,8-10,12H2,1-2H3,(H,22,24)(H,26,27). The Bertz CT molecular complexity index is 763. The number of likely N-dealkylation sites (tertiary alicyclic amines) is 1. The number of carbonyl (C=O) groups is 3. The third-order valence-electron chi connectivity index (χ3n) is 5.72. The first-order valence-electron chi connectivity index (χ1n) is 9.98. The molecule has 28 heavy (non-hydrogen) atoms. The maximum Gasteiger partial charge on any atom is 0.330 e. The van der Waals surface area contributed by atoms with E-state index in [1.54, 1.807) is 23.1 Å². The van der Waals surface area contributed by atoms with Crippen molar-refractivity contribution >= 4 is 17.8 Å². The lowest BCUT2D eigenvalue weighted by atomic mass is 9.94. The fraction of sp³-hybridized carbons (Fsp3) is 0.571. The van der Waals surface area contributed by atoms with Crippen LogP contribution in [0.1, 0.15) is 50.3 Å². The number of aliphatic carboxylic acids is 1. The molecule has 1 fully saturated rings. The first-order chi connectivity index (χ1) is 13.4. The van der Waals surface area contributed by atoms with Gasteiger partial charge in [-0.2, -0.15) is 0 Å². The van der Waals surface area contributed by atoms with Gasteiger partial charge in [0.2, 0.25) is 11.8 Å². The molecule has 152 valence electrons. The van der Waals surface area contributed by atoms with Crippen molar-refractivity contribution in [3.8, 4) is 5.75 Å². The smallest absolute Gasteiger partial charge is 0.330 e. The highest BCUT2D eigenvalue weighted by Crippen LogP contribution is 2.29. The largest absolute Gasteiger partial charge is 0.493 e. The van der Waals surface area contributed by atoms with Gasteiger partial charge in [-0.3, -0.25) is 9.59 Å². The SMILES string of the molecule is CCC(C)C(=O)N1CCCC(C(=O)NC(C(=O)O)c2ccc3c(c2)CCO3)C1. The van der Waals surface area contributed by atoms with Crippen molar-refractivity contribution in [3.05, 3.63) is 29.3 Å². The number of piperidine rings is 1. The zero-order valence-corrected chi connectivity index (χ0v) is 16.4. The summed E-state index contributed by atoms with van der Waals surface area (Å²) < 4.78 is 5.46. The Morgan fingerprint density at radius 3 is 2.86 bits per heavy atom. The van der Waals surface area contributed by atoms with Gasteiger partial charge in [0.1, 0.15) is 5.75 Å². The molecular formula is C21H28N2O5. The molecule has 1 aromatic rings. The first kappa shape index (κ1) is 20.2. The fourth-order valence-electron chi connectivity index (χ4n) is 3.81. The summed E-state index contributed by atoms with van der Waals surface area (Å²) in [6, 6.07) is 4.12. The van der Waals surface area contributed by atoms with Gasteiger partial charge in [-0.25, -0.2) is 4.79 Å². The summed E-state index contributed by atoms with van der Waals surface area (Å²) in [4.78, 5) is 38.8. The van der Waals surface area contributed by atoms with Crippen LogP contribution < -0.4 is 10.1 Å². The molecular weight excluding hydrogens is 360 g/mol. The minimum Gasteiger partial charge on any atom is -0.493 e. The fourth-order valence-corrected chi connectivity index (χ4v) is 3.81. The maximum absolute atomic E-state index is 12.8. The number of nitrogens with one attached hydrogen (secondary N) is 1. The monoisotopic (exact) mass is 388 g/mol. The third-order valence-corrected chi connectivity index (χ3v) is 5.72. The van der Waals surface area contributed by atoms with E-state index in [-0.39, 0.29) is 23.7 Å². The zero-order chi connectivity index (χ0) is 20.3. The van der Waals surface area contributed by atoms with E-state index in [2.05, 4.69) is 5.32 Å². The predicted molar refractivity (Wildman–Crippen MR) is 103 cm³/mol. The number of ether oxygens (including phenoxy) is 1. The van der Waals surface area contributed by atoms with Gasteiger partial charge in [-0.05, 0) is 42.5 Å². The molecule has 0 aromatic heterocycles. The molecule has 2 N–H and O–H groups in total. The van der Waals surface area contributed by atoms with Crippen LogP contribution in [-0.4, -0.2) is 47.5 Å². The molecule has 3 atom stereocenters. The molecule has 7 heteroatoms. The highest BCUT2D eigenvalue weighted by Gasteiger charge is 2.32. The number of hydrogen-bond acceptors (Lipinski definition) is 4. The second-order valence-corrected chi connectivity index (χ2v) is 7.68. The Morgan fingerprint density at radius 2 is 2.14 bits per heavy atom. The highest BCUT2D eigenvalue weighted by atomic mass is 16.5. The van der Waals surface area contributed by atoms with E-state index in [9.17, 15) is 19.5 Å². The van der Waals surface area contributed by atoms with E-state index >= 15 is 0 Å². The number of amides is 2. The second-order valence-electron chi connectivity index (χ2n) is 7.68. The predicted octanol–water partition coefficient (Wildman–Crippen LogP) is 2.15. The average Bonchev–Trinajstić information content (AvgIpc) is 3.18. The Kier molecular flexibility index (Phi) is 6.21. The van der Waals surface area contributed by atoms with Crippen molar-refractivity contribution in [1.82, 2.24) is 10.2 Å². The molecule has 3 rings (SSSR count). The van der Waals surface area contributed by atoms with E-state index in [0.717, 1.165) is 30.6 Å². The van der Waals surface area contributed by atoms with Crippen molar-refractivity contribution in [1.29, 1.82) is 0 Å². The minimum atomic E-state index is -1.11. The van der Waals surface area contributed by atoms with Gasteiger partial charge in [-0.1, -0.05) is 19.9 Å². The quantitative estimate of drug-likeness (QED) is 0.778. The number of fused-ring (bicyclic) bond motifs is 1. The third kappa shape index (κ3) is 4.29. The van der Waals surface area contributed by atoms with Crippen LogP contribution in [0.25, 0.3) is 0 Å². The second kappa shape index (κ2) is 8.63. The number of benzene rings is 1. The summed E-state index contributed by atoms with van der Waals surface area (Å²) in [5.41, 5.74) is 1.49. The van der Waals surface area contributed by atoms with Crippen molar-refractivity contribution in [2.45, 2.75) is 45.6 Å². The molecule has 2 heterocycles. The number of carboxylic acid groups (broad SMARTS) is 1. The molecule has 2 aliphatic heterocycles. The highest BCUT2D eigenvalue weighted by molar-refractivity contribution is 5.87. The van der Waals surface area contributed by atoms with Crippen LogP contribution in [0, 0.1) is 11.8 Å². The molecule has 1 aromatic carbocycles. The molecule has 7 nitrogen and oxygen atoms in total. The van der Waals surface area contributed by atoms with Crippen LogP contribution in [-0.2, 0) is 20.8 Å². The molecule has 1 saturated heterocycles. The summed E-state index contributed by atoms with van der Waals surface area (Å²) in [7, 11) is 0. The Labute approximate surface area is 165 Å². The van der Waals surface area contributed by atoms with E-state index in [4.69, 9.17) is 4.74 Å². The Morgan fingerprint density at radius 1 is 1.36 bits per heavy atom. The summed E-state index contributed by atoms with van der Waals surface area (Å²) in [5, 5.41) is 12.3. The molecule has 3 unspecified atom stereocenters. The summed E-state index contributed by atoms with van der Waals surface area (Å²) >= 11 is 0. The summed E-state index contributed by atoms with van der Waals surface area (Å²) in [6.45, 7) is 5.45. The molecule has 2 amide bonds. The number of carbonyl (C=O) groups excluding carboxylic acids is 2. The van der Waals surface area contributed by atoms with Gasteiger partial charge in [-0.15, -0.1) is 0 Å². The van der Waals surface area contributed by atoms with Crippen LogP contribution in [0.5, 0.6) is 5.75 Å². The van der Waals surface area contributed by atoms with Gasteiger partial charge in [0, 0.05) is 25.4 Å². The molecule has 0 saturated carbocycles. The van der Waals surface area contributed by atoms with Gasteiger partial charge in [0.05, 0.1) is 12.5 Å². The van der Waals surface area contributed by atoms with Crippen molar-refractivity contribution in [2.24, 2.45) is 11.8 Å². The summed E-state index contributed by atoms with van der Waals surface area (Å²) in [5.74, 6) is -1.04. The molecule has 0 spiro atoms. The van der Waals surface area contributed by atoms with E-state index in [0.29, 0.717) is 31.7 Å². The van der Waals surface area contributed by atoms with Crippen molar-refractivity contribution in [2.75, 3.05) is 19.7 Å². The normalized spacial score (nSPS) is 20.6. The lowest BCUT2D eigenvalue weighted by Gasteiger charge is -2.34. The van der Waals surface area contributed by atoms with Crippen LogP contribution in [0.15, 0.2) is 18.2 Å². The Balaban J connectivity index is 1.69. The maximum atomic E-state index is 12.8. The molecule has 0 aliphatic carbocycles. The van der Waals surface area contributed by atoms with Gasteiger partial charge >= 0.3 is 5.97 Å². The zero-order valence-electron chi connectivity index (χ0n) is 16.4. The van der Waals surface area contributed by atoms with Crippen LogP contribution in [0.2, 0.25) is 0 Å². The van der Waals surface area contributed by atoms with E-state index in [1.807, 2.05) is 13.8 Å². The van der Waals surface area contributed by atoms with Gasteiger partial charge in [0.15, 0.2) is 6.04 Å². The lowest BCUT2D eigenvalue weighted by Crippen LogP contribution is -2.48. The number of rotatable bonds is 6. The number of carboxylic acids is 1. The topological polar surface area (TPSA) is 95.9 Å². The Hall–Kier alpha value is -2.57. The van der Waals surface area contributed by atoms with Crippen LogP contribution in [0.4, 0.5) is 0 Å². The number of nitrogens with zero attached hydrogens (tertiary/aromatic N) is 1. The summed E-state index contributed by atoms with van der Waals surface area (Å²) in [6.07, 6.45) is 2.89. The molecule has 0 bridgehead atoms. The van der Waals surface area contributed by atoms with E-state index in [1.165, 1.54) is 0 Å². The van der Waals surface area contributed by atoms with Gasteiger partial charge in [0.25, 0.3) is 0 Å².